The fourth-order valence-electron chi connectivity index (χ4n) is 1.89. The van der Waals surface area contributed by atoms with Crippen LogP contribution in [0.1, 0.15) is 15.2 Å². The van der Waals surface area contributed by atoms with Gasteiger partial charge in [0.1, 0.15) is 5.01 Å². The first-order valence-electron chi connectivity index (χ1n) is 6.33. The summed E-state index contributed by atoms with van der Waals surface area (Å²) in [6.45, 7) is 0.675. The van der Waals surface area contributed by atoms with Gasteiger partial charge in [-0.05, 0) is 30.3 Å². The number of thiophene rings is 1. The zero-order chi connectivity index (χ0) is 14.7. The second-order valence-electron chi connectivity index (χ2n) is 4.43. The van der Waals surface area contributed by atoms with Crippen LogP contribution in [-0.2, 0) is 6.54 Å². The van der Waals surface area contributed by atoms with E-state index in [-0.39, 0.29) is 5.91 Å². The first-order valence-corrected chi connectivity index (χ1v) is 8.09. The Hall–Kier alpha value is -2.18. The first kappa shape index (κ1) is 13.8. The van der Waals surface area contributed by atoms with E-state index in [9.17, 15) is 4.79 Å². The number of carbonyl (C=O) groups excluding carboxylic acids is 1. The van der Waals surface area contributed by atoms with Crippen LogP contribution >= 0.6 is 22.7 Å². The number of thiazole rings is 1. The largest absolute Gasteiger partial charge is 0.380 e. The molecule has 0 bridgehead atoms. The molecule has 0 atom stereocenters. The van der Waals surface area contributed by atoms with Crippen molar-refractivity contribution < 1.29 is 4.79 Å². The van der Waals surface area contributed by atoms with Crippen LogP contribution in [0.3, 0.4) is 0 Å². The predicted octanol–water partition coefficient (Wildman–Crippen LogP) is 3.58. The molecule has 0 saturated heterocycles. The van der Waals surface area contributed by atoms with Crippen LogP contribution in [0, 0.1) is 0 Å². The summed E-state index contributed by atoms with van der Waals surface area (Å²) in [5, 5.41) is 8.10. The smallest absolute Gasteiger partial charge is 0.249 e. The Morgan fingerprint density at radius 2 is 2.05 bits per heavy atom. The molecule has 0 aliphatic heterocycles. The Morgan fingerprint density at radius 3 is 2.67 bits per heavy atom. The first-order chi connectivity index (χ1) is 10.2. The molecule has 106 valence electrons. The molecule has 21 heavy (non-hydrogen) atoms. The van der Waals surface area contributed by atoms with Crippen molar-refractivity contribution in [1.82, 2.24) is 4.98 Å². The van der Waals surface area contributed by atoms with Gasteiger partial charge in [-0.3, -0.25) is 4.79 Å². The number of amides is 1. The molecule has 0 aliphatic carbocycles. The summed E-state index contributed by atoms with van der Waals surface area (Å²) in [6, 6.07) is 9.97. The van der Waals surface area contributed by atoms with Gasteiger partial charge >= 0.3 is 0 Å². The van der Waals surface area contributed by atoms with Gasteiger partial charge in [0, 0.05) is 39.6 Å². The van der Waals surface area contributed by atoms with Crippen molar-refractivity contribution in [3.63, 3.8) is 0 Å². The predicted molar refractivity (Wildman–Crippen MR) is 87.7 cm³/mol. The molecule has 0 aliphatic rings. The molecular formula is C15H13N3OS2. The molecule has 0 fully saturated rings. The number of nitrogens with two attached hydrogens (primary N) is 1. The number of rotatable bonds is 5. The highest BCUT2D eigenvalue weighted by molar-refractivity contribution is 7.13. The minimum Gasteiger partial charge on any atom is -0.380 e. The number of anilines is 1. The van der Waals surface area contributed by atoms with Gasteiger partial charge < -0.3 is 11.1 Å². The average Bonchev–Trinajstić information content (AvgIpc) is 3.17. The number of nitrogens with zero attached hydrogens (tertiary/aromatic N) is 1. The van der Waals surface area contributed by atoms with E-state index >= 15 is 0 Å². The standard InChI is InChI=1S/C15H13N3OS2/c16-14(19)11-7-13(21-9-11)8-18-12-3-1-10(2-4-12)15-17-5-6-20-15/h1-7,9,18H,8H2,(H2,16,19). The van der Waals surface area contributed by atoms with Crippen LogP contribution < -0.4 is 11.1 Å². The lowest BCUT2D eigenvalue weighted by Gasteiger charge is -2.05. The quantitative estimate of drug-likeness (QED) is 0.756. The van der Waals surface area contributed by atoms with E-state index in [4.69, 9.17) is 5.73 Å². The van der Waals surface area contributed by atoms with Gasteiger partial charge in [0.15, 0.2) is 0 Å². The zero-order valence-corrected chi connectivity index (χ0v) is 12.7. The molecular weight excluding hydrogens is 302 g/mol. The van der Waals surface area contributed by atoms with E-state index in [2.05, 4.69) is 10.3 Å². The molecule has 2 heterocycles. The van der Waals surface area contributed by atoms with Crippen molar-refractivity contribution >= 4 is 34.3 Å². The van der Waals surface area contributed by atoms with E-state index in [1.165, 1.54) is 11.3 Å². The van der Waals surface area contributed by atoms with Crippen molar-refractivity contribution in [3.8, 4) is 10.6 Å². The fourth-order valence-corrected chi connectivity index (χ4v) is 3.35. The third kappa shape index (κ3) is 3.29. The molecule has 3 N–H and O–H groups in total. The lowest BCUT2D eigenvalue weighted by molar-refractivity contribution is 0.100. The number of primary amides is 1. The molecule has 3 aromatic rings. The van der Waals surface area contributed by atoms with Gasteiger partial charge in [0.05, 0.1) is 5.56 Å². The van der Waals surface area contributed by atoms with Crippen LogP contribution in [0.15, 0.2) is 47.3 Å². The highest BCUT2D eigenvalue weighted by atomic mass is 32.1. The van der Waals surface area contributed by atoms with Crippen molar-refractivity contribution in [1.29, 1.82) is 0 Å². The van der Waals surface area contributed by atoms with E-state index in [0.29, 0.717) is 12.1 Å². The summed E-state index contributed by atoms with van der Waals surface area (Å²) in [7, 11) is 0. The van der Waals surface area contributed by atoms with E-state index in [1.807, 2.05) is 35.7 Å². The number of hydrogen-bond acceptors (Lipinski definition) is 5. The highest BCUT2D eigenvalue weighted by Crippen LogP contribution is 2.23. The monoisotopic (exact) mass is 315 g/mol. The summed E-state index contributed by atoms with van der Waals surface area (Å²) in [4.78, 5) is 16.4. The molecule has 2 aromatic heterocycles. The Bertz CT molecular complexity index is 733. The molecule has 4 nitrogen and oxygen atoms in total. The summed E-state index contributed by atoms with van der Waals surface area (Å²) < 4.78 is 0. The minimum absolute atomic E-state index is 0.384. The maximum Gasteiger partial charge on any atom is 0.249 e. The van der Waals surface area contributed by atoms with Crippen LogP contribution in [0.4, 0.5) is 5.69 Å². The molecule has 0 spiro atoms. The van der Waals surface area contributed by atoms with Crippen molar-refractivity contribution in [3.05, 3.63) is 57.7 Å². The Labute approximate surface area is 130 Å². The van der Waals surface area contributed by atoms with E-state index in [1.54, 1.807) is 22.9 Å². The number of hydrogen-bond donors (Lipinski definition) is 2. The maximum atomic E-state index is 11.0. The fraction of sp³-hybridized carbons (Fsp3) is 0.0667. The van der Waals surface area contributed by atoms with Gasteiger partial charge in [-0.1, -0.05) is 0 Å². The van der Waals surface area contributed by atoms with E-state index in [0.717, 1.165) is 21.1 Å². The van der Waals surface area contributed by atoms with Crippen LogP contribution in [0.2, 0.25) is 0 Å². The van der Waals surface area contributed by atoms with Crippen molar-refractivity contribution in [2.45, 2.75) is 6.54 Å². The second kappa shape index (κ2) is 6.07. The summed E-state index contributed by atoms with van der Waals surface area (Å²) in [5.74, 6) is -0.384. The molecule has 0 unspecified atom stereocenters. The van der Waals surface area contributed by atoms with Crippen LogP contribution in [0.25, 0.3) is 10.6 Å². The van der Waals surface area contributed by atoms with Gasteiger partial charge in [0.2, 0.25) is 5.91 Å². The summed E-state index contributed by atoms with van der Waals surface area (Å²) in [6.07, 6.45) is 1.80. The lowest BCUT2D eigenvalue weighted by atomic mass is 10.2. The Kier molecular flexibility index (Phi) is 3.98. The van der Waals surface area contributed by atoms with Gasteiger partial charge in [-0.2, -0.15) is 0 Å². The van der Waals surface area contributed by atoms with Gasteiger partial charge in [0.25, 0.3) is 0 Å². The normalized spacial score (nSPS) is 10.5. The second-order valence-corrected chi connectivity index (χ2v) is 6.32. The minimum atomic E-state index is -0.384. The van der Waals surface area contributed by atoms with Gasteiger partial charge in [-0.25, -0.2) is 4.98 Å². The third-order valence-electron chi connectivity index (χ3n) is 2.97. The topological polar surface area (TPSA) is 68.0 Å². The average molecular weight is 315 g/mol. The van der Waals surface area contributed by atoms with Crippen LogP contribution in [-0.4, -0.2) is 10.9 Å². The van der Waals surface area contributed by atoms with Crippen molar-refractivity contribution in [2.75, 3.05) is 5.32 Å². The SMILES string of the molecule is NC(=O)c1csc(CNc2ccc(-c3nccs3)cc2)c1. The summed E-state index contributed by atoms with van der Waals surface area (Å²) >= 11 is 3.15. The van der Waals surface area contributed by atoms with Crippen molar-refractivity contribution in [2.24, 2.45) is 5.73 Å². The number of nitrogens with one attached hydrogen (secondary N) is 1. The Balaban J connectivity index is 1.64. The molecule has 0 radical (unpaired) electrons. The molecule has 6 heteroatoms. The van der Waals surface area contributed by atoms with Crippen LogP contribution in [0.5, 0.6) is 0 Å². The summed E-state index contributed by atoms with van der Waals surface area (Å²) in [5.41, 5.74) is 7.95. The molecule has 1 amide bonds. The molecule has 0 saturated carbocycles. The maximum absolute atomic E-state index is 11.0. The molecule has 1 aromatic carbocycles. The van der Waals surface area contributed by atoms with Gasteiger partial charge in [-0.15, -0.1) is 22.7 Å². The number of benzene rings is 1. The number of aromatic nitrogens is 1. The number of carbonyl (C=O) groups is 1. The Morgan fingerprint density at radius 1 is 1.24 bits per heavy atom. The highest BCUT2D eigenvalue weighted by Gasteiger charge is 2.05. The third-order valence-corrected chi connectivity index (χ3v) is 4.73. The lowest BCUT2D eigenvalue weighted by Crippen LogP contribution is -2.09. The molecule has 3 rings (SSSR count). The zero-order valence-electron chi connectivity index (χ0n) is 11.1. The van der Waals surface area contributed by atoms with E-state index < -0.39 is 0 Å².